The smallest absolute Gasteiger partial charge is 0.163 e. The van der Waals surface area contributed by atoms with E-state index in [0.29, 0.717) is 11.0 Å². The fourth-order valence-electron chi connectivity index (χ4n) is 1.78. The molecule has 0 fully saturated rings. The van der Waals surface area contributed by atoms with Crippen molar-refractivity contribution in [1.29, 1.82) is 0 Å². The minimum absolute atomic E-state index is 0.463. The molecule has 0 aliphatic heterocycles. The third-order valence-electron chi connectivity index (χ3n) is 2.99. The first-order valence-corrected chi connectivity index (χ1v) is 6.90. The van der Waals surface area contributed by atoms with Crippen molar-refractivity contribution in [2.24, 2.45) is 0 Å². The van der Waals surface area contributed by atoms with Crippen LogP contribution in [0, 0.1) is 0 Å². The Morgan fingerprint density at radius 2 is 1.70 bits per heavy atom. The van der Waals surface area contributed by atoms with E-state index in [1.807, 2.05) is 37.4 Å². The molecular formula is C15H19ClN4. The summed E-state index contributed by atoms with van der Waals surface area (Å²) in [7, 11) is 6.11. The topological polar surface area (TPSA) is 32.3 Å². The number of benzene rings is 1. The molecule has 5 heteroatoms. The molecule has 20 heavy (non-hydrogen) atoms. The van der Waals surface area contributed by atoms with Crippen molar-refractivity contribution in [3.63, 3.8) is 0 Å². The highest BCUT2D eigenvalue weighted by atomic mass is 35.5. The van der Waals surface area contributed by atoms with E-state index < -0.39 is 0 Å². The standard InChI is InChI=1S/C15H19ClN4/c1-19(2)9-10-20(3)14-11-13(16)17-15(18-14)12-7-5-4-6-8-12/h4-8,11H,9-10H2,1-3H3. The van der Waals surface area contributed by atoms with Crippen LogP contribution in [-0.2, 0) is 0 Å². The third kappa shape index (κ3) is 3.92. The Hall–Kier alpha value is -1.65. The minimum Gasteiger partial charge on any atom is -0.358 e. The molecule has 0 aliphatic rings. The van der Waals surface area contributed by atoms with Crippen molar-refractivity contribution in [1.82, 2.24) is 14.9 Å². The summed E-state index contributed by atoms with van der Waals surface area (Å²) in [5.74, 6) is 1.50. The van der Waals surface area contributed by atoms with Crippen LogP contribution in [0.15, 0.2) is 36.4 Å². The monoisotopic (exact) mass is 290 g/mol. The molecule has 0 bridgehead atoms. The van der Waals surface area contributed by atoms with Gasteiger partial charge in [0, 0.05) is 31.8 Å². The molecule has 2 rings (SSSR count). The maximum absolute atomic E-state index is 6.12. The lowest BCUT2D eigenvalue weighted by atomic mass is 10.2. The van der Waals surface area contributed by atoms with E-state index >= 15 is 0 Å². The van der Waals surface area contributed by atoms with Gasteiger partial charge in [-0.05, 0) is 14.1 Å². The Bertz CT molecular complexity index is 557. The average Bonchev–Trinajstić information content (AvgIpc) is 2.45. The highest BCUT2D eigenvalue weighted by molar-refractivity contribution is 6.29. The average molecular weight is 291 g/mol. The van der Waals surface area contributed by atoms with Gasteiger partial charge in [-0.25, -0.2) is 9.97 Å². The van der Waals surface area contributed by atoms with Crippen LogP contribution in [-0.4, -0.2) is 49.1 Å². The molecule has 1 heterocycles. The predicted octanol–water partition coefficient (Wildman–Crippen LogP) is 2.79. The van der Waals surface area contributed by atoms with Crippen LogP contribution in [0.25, 0.3) is 11.4 Å². The van der Waals surface area contributed by atoms with Gasteiger partial charge in [0.1, 0.15) is 11.0 Å². The van der Waals surface area contributed by atoms with Crippen molar-refractivity contribution in [3.05, 3.63) is 41.6 Å². The maximum Gasteiger partial charge on any atom is 0.163 e. The fourth-order valence-corrected chi connectivity index (χ4v) is 1.96. The molecule has 4 nitrogen and oxygen atoms in total. The number of anilines is 1. The van der Waals surface area contributed by atoms with Gasteiger partial charge in [-0.15, -0.1) is 0 Å². The van der Waals surface area contributed by atoms with Crippen LogP contribution in [0.1, 0.15) is 0 Å². The molecule has 0 saturated heterocycles. The number of hydrogen-bond acceptors (Lipinski definition) is 4. The molecule has 0 atom stereocenters. The number of halogens is 1. The van der Waals surface area contributed by atoms with Gasteiger partial charge in [0.2, 0.25) is 0 Å². The van der Waals surface area contributed by atoms with Gasteiger partial charge < -0.3 is 9.80 Å². The molecule has 106 valence electrons. The Morgan fingerprint density at radius 3 is 2.35 bits per heavy atom. The second-order valence-corrected chi connectivity index (χ2v) is 5.35. The summed E-state index contributed by atoms with van der Waals surface area (Å²) in [6.45, 7) is 1.84. The second kappa shape index (κ2) is 6.68. The molecule has 0 radical (unpaired) electrons. The van der Waals surface area contributed by atoms with Crippen LogP contribution < -0.4 is 4.90 Å². The van der Waals surface area contributed by atoms with Crippen LogP contribution in [0.4, 0.5) is 5.82 Å². The molecule has 0 N–H and O–H groups in total. The van der Waals surface area contributed by atoms with Crippen LogP contribution >= 0.6 is 11.6 Å². The SMILES string of the molecule is CN(C)CCN(C)c1cc(Cl)nc(-c2ccccc2)n1. The fraction of sp³-hybridized carbons (Fsp3) is 0.333. The van der Waals surface area contributed by atoms with E-state index in [9.17, 15) is 0 Å². The quantitative estimate of drug-likeness (QED) is 0.793. The first-order valence-electron chi connectivity index (χ1n) is 6.52. The molecular weight excluding hydrogens is 272 g/mol. The van der Waals surface area contributed by atoms with Crippen LogP contribution in [0.2, 0.25) is 5.15 Å². The number of nitrogens with zero attached hydrogens (tertiary/aromatic N) is 4. The third-order valence-corrected chi connectivity index (χ3v) is 3.18. The van der Waals surface area contributed by atoms with Gasteiger partial charge >= 0.3 is 0 Å². The lowest BCUT2D eigenvalue weighted by Gasteiger charge is -2.21. The molecule has 0 aliphatic carbocycles. The van der Waals surface area contributed by atoms with E-state index in [1.54, 1.807) is 6.07 Å². The van der Waals surface area contributed by atoms with Crippen molar-refractivity contribution in [2.45, 2.75) is 0 Å². The van der Waals surface area contributed by atoms with E-state index in [4.69, 9.17) is 11.6 Å². The molecule has 1 aromatic heterocycles. The molecule has 0 unspecified atom stereocenters. The van der Waals surface area contributed by atoms with E-state index in [0.717, 1.165) is 24.5 Å². The number of rotatable bonds is 5. The molecule has 2 aromatic rings. The number of aromatic nitrogens is 2. The van der Waals surface area contributed by atoms with Crippen molar-refractivity contribution in [3.8, 4) is 11.4 Å². The normalized spacial score (nSPS) is 10.8. The predicted molar refractivity (Wildman–Crippen MR) is 84.3 cm³/mol. The van der Waals surface area contributed by atoms with Crippen molar-refractivity contribution < 1.29 is 0 Å². The number of hydrogen-bond donors (Lipinski definition) is 0. The maximum atomic E-state index is 6.12. The highest BCUT2D eigenvalue weighted by Crippen LogP contribution is 2.21. The van der Waals surface area contributed by atoms with E-state index in [1.165, 1.54) is 0 Å². The molecule has 1 aromatic carbocycles. The minimum atomic E-state index is 0.463. The van der Waals surface area contributed by atoms with Gasteiger partial charge in [-0.1, -0.05) is 41.9 Å². The Kier molecular flexibility index (Phi) is 4.93. The second-order valence-electron chi connectivity index (χ2n) is 4.96. The summed E-state index contributed by atoms with van der Waals surface area (Å²) in [5, 5.41) is 0.463. The Balaban J connectivity index is 2.25. The van der Waals surface area contributed by atoms with E-state index in [2.05, 4.69) is 33.9 Å². The zero-order valence-corrected chi connectivity index (χ0v) is 12.8. The molecule has 0 spiro atoms. The zero-order valence-electron chi connectivity index (χ0n) is 12.0. The summed E-state index contributed by atoms with van der Waals surface area (Å²) in [6.07, 6.45) is 0. The Morgan fingerprint density at radius 1 is 1.00 bits per heavy atom. The molecule has 0 amide bonds. The van der Waals surface area contributed by atoms with Gasteiger partial charge in [-0.2, -0.15) is 0 Å². The first-order chi connectivity index (χ1) is 9.56. The summed E-state index contributed by atoms with van der Waals surface area (Å²) < 4.78 is 0. The van der Waals surface area contributed by atoms with E-state index in [-0.39, 0.29) is 0 Å². The van der Waals surface area contributed by atoms with Crippen LogP contribution in [0.5, 0.6) is 0 Å². The number of likely N-dealkylation sites (N-methyl/N-ethyl adjacent to an activating group) is 2. The van der Waals surface area contributed by atoms with Gasteiger partial charge in [0.05, 0.1) is 0 Å². The van der Waals surface area contributed by atoms with Crippen molar-refractivity contribution in [2.75, 3.05) is 39.1 Å². The lowest BCUT2D eigenvalue weighted by Crippen LogP contribution is -2.29. The zero-order chi connectivity index (χ0) is 14.5. The molecule has 0 saturated carbocycles. The van der Waals surface area contributed by atoms with Gasteiger partial charge in [0.25, 0.3) is 0 Å². The summed E-state index contributed by atoms with van der Waals surface area (Å²) >= 11 is 6.12. The summed E-state index contributed by atoms with van der Waals surface area (Å²) in [6, 6.07) is 11.7. The first kappa shape index (κ1) is 14.8. The summed E-state index contributed by atoms with van der Waals surface area (Å²) in [4.78, 5) is 13.1. The van der Waals surface area contributed by atoms with Crippen LogP contribution in [0.3, 0.4) is 0 Å². The lowest BCUT2D eigenvalue weighted by molar-refractivity contribution is 0.416. The summed E-state index contributed by atoms with van der Waals surface area (Å²) in [5.41, 5.74) is 0.970. The Labute approximate surface area is 125 Å². The van der Waals surface area contributed by atoms with Gasteiger partial charge in [-0.3, -0.25) is 0 Å². The van der Waals surface area contributed by atoms with Crippen molar-refractivity contribution >= 4 is 17.4 Å². The highest BCUT2D eigenvalue weighted by Gasteiger charge is 2.09. The largest absolute Gasteiger partial charge is 0.358 e. The van der Waals surface area contributed by atoms with Gasteiger partial charge in [0.15, 0.2) is 5.82 Å².